The van der Waals surface area contributed by atoms with Crippen LogP contribution in [0.25, 0.3) is 0 Å². The molecule has 2 aliphatic heterocycles. The summed E-state index contributed by atoms with van der Waals surface area (Å²) < 4.78 is 6.08. The Morgan fingerprint density at radius 1 is 1.19 bits per heavy atom. The summed E-state index contributed by atoms with van der Waals surface area (Å²) in [6.07, 6.45) is 1.27. The summed E-state index contributed by atoms with van der Waals surface area (Å²) in [6.45, 7) is 5.02. The third-order valence-corrected chi connectivity index (χ3v) is 4.50. The second-order valence-corrected chi connectivity index (χ2v) is 6.21. The number of ether oxygens (including phenoxy) is 1. The molecule has 0 amide bonds. The van der Waals surface area contributed by atoms with Crippen molar-refractivity contribution in [3.05, 3.63) is 58.7 Å². The fraction of sp³-hybridized carbons (Fsp3) is 0.333. The number of nitrogens with two attached hydrogens (primary N) is 1. The number of benzene rings is 2. The molecule has 0 spiro atoms. The Morgan fingerprint density at radius 2 is 2.10 bits per heavy atom. The molecule has 1 unspecified atom stereocenters. The van der Waals surface area contributed by atoms with Gasteiger partial charge in [-0.2, -0.15) is 0 Å². The summed E-state index contributed by atoms with van der Waals surface area (Å²) in [5, 5.41) is 0. The number of nitrogens with zero attached hydrogens (tertiary/aromatic N) is 1. The molecule has 0 fully saturated rings. The first-order chi connectivity index (χ1) is 10.2. The molecular formula is C18H20N2O. The first kappa shape index (κ1) is 12.7. The smallest absolute Gasteiger partial charge is 0.123 e. The number of anilines is 1. The SMILES string of the molecule is Cc1ccc2c(c1)CC(CN1Cc3cccc(N)c3C1)O2. The third kappa shape index (κ3) is 2.28. The Morgan fingerprint density at radius 3 is 2.95 bits per heavy atom. The molecule has 0 radical (unpaired) electrons. The molecular weight excluding hydrogens is 260 g/mol. The highest BCUT2D eigenvalue weighted by Gasteiger charge is 2.28. The van der Waals surface area contributed by atoms with Crippen molar-refractivity contribution in [1.82, 2.24) is 4.90 Å². The second kappa shape index (κ2) is 4.78. The molecule has 0 saturated carbocycles. The number of rotatable bonds is 2. The summed E-state index contributed by atoms with van der Waals surface area (Å²) in [7, 11) is 0. The number of aryl methyl sites for hydroxylation is 1. The van der Waals surface area contributed by atoms with Crippen molar-refractivity contribution in [1.29, 1.82) is 0 Å². The Bertz CT molecular complexity index is 696. The Kier molecular flexibility index (Phi) is 2.89. The fourth-order valence-electron chi connectivity index (χ4n) is 3.48. The van der Waals surface area contributed by atoms with E-state index in [1.165, 1.54) is 22.3 Å². The van der Waals surface area contributed by atoms with E-state index in [0.29, 0.717) is 0 Å². The van der Waals surface area contributed by atoms with Gasteiger partial charge >= 0.3 is 0 Å². The van der Waals surface area contributed by atoms with Crippen molar-refractivity contribution in [2.45, 2.75) is 32.5 Å². The average Bonchev–Trinajstić information content (AvgIpc) is 3.02. The van der Waals surface area contributed by atoms with Crippen molar-refractivity contribution in [2.24, 2.45) is 0 Å². The van der Waals surface area contributed by atoms with Gasteiger partial charge in [0.2, 0.25) is 0 Å². The maximum atomic E-state index is 6.08. The zero-order valence-corrected chi connectivity index (χ0v) is 12.3. The fourth-order valence-corrected chi connectivity index (χ4v) is 3.48. The summed E-state index contributed by atoms with van der Waals surface area (Å²) in [5.74, 6) is 1.06. The van der Waals surface area contributed by atoms with Crippen molar-refractivity contribution in [3.63, 3.8) is 0 Å². The zero-order chi connectivity index (χ0) is 14.4. The molecule has 1 atom stereocenters. The minimum absolute atomic E-state index is 0.261. The lowest BCUT2D eigenvalue weighted by molar-refractivity contribution is 0.150. The molecule has 0 bridgehead atoms. The molecule has 0 aromatic heterocycles. The van der Waals surface area contributed by atoms with Crippen molar-refractivity contribution < 1.29 is 4.74 Å². The highest BCUT2D eigenvalue weighted by Crippen LogP contribution is 2.32. The molecule has 4 rings (SSSR count). The van der Waals surface area contributed by atoms with Gasteiger partial charge in [0, 0.05) is 31.7 Å². The van der Waals surface area contributed by atoms with Crippen LogP contribution >= 0.6 is 0 Å². The van der Waals surface area contributed by atoms with Gasteiger partial charge in [0.25, 0.3) is 0 Å². The minimum atomic E-state index is 0.261. The topological polar surface area (TPSA) is 38.5 Å². The predicted octanol–water partition coefficient (Wildman–Crippen LogP) is 2.90. The summed E-state index contributed by atoms with van der Waals surface area (Å²) in [5.41, 5.74) is 12.3. The lowest BCUT2D eigenvalue weighted by atomic mass is 10.1. The van der Waals surface area contributed by atoms with Crippen LogP contribution in [0.3, 0.4) is 0 Å². The molecule has 3 heteroatoms. The van der Waals surface area contributed by atoms with Gasteiger partial charge in [-0.1, -0.05) is 29.8 Å². The van der Waals surface area contributed by atoms with Crippen LogP contribution in [0.4, 0.5) is 5.69 Å². The molecule has 0 saturated heterocycles. The molecule has 2 aliphatic rings. The minimum Gasteiger partial charge on any atom is -0.488 e. The lowest BCUT2D eigenvalue weighted by Crippen LogP contribution is -2.31. The van der Waals surface area contributed by atoms with Crippen LogP contribution in [-0.2, 0) is 19.5 Å². The first-order valence-corrected chi connectivity index (χ1v) is 7.54. The Hall–Kier alpha value is -2.00. The van der Waals surface area contributed by atoms with Gasteiger partial charge in [-0.05, 0) is 35.7 Å². The highest BCUT2D eigenvalue weighted by molar-refractivity contribution is 5.52. The largest absolute Gasteiger partial charge is 0.488 e. The Balaban J connectivity index is 1.45. The van der Waals surface area contributed by atoms with Gasteiger partial charge in [0.15, 0.2) is 0 Å². The quantitative estimate of drug-likeness (QED) is 0.860. The van der Waals surface area contributed by atoms with E-state index in [-0.39, 0.29) is 6.10 Å². The Labute approximate surface area is 125 Å². The maximum Gasteiger partial charge on any atom is 0.123 e. The van der Waals surface area contributed by atoms with E-state index in [2.05, 4.69) is 36.1 Å². The first-order valence-electron chi connectivity index (χ1n) is 7.54. The van der Waals surface area contributed by atoms with Crippen LogP contribution in [0.5, 0.6) is 5.75 Å². The van der Waals surface area contributed by atoms with Crippen molar-refractivity contribution in [3.8, 4) is 5.75 Å². The number of hydrogen-bond acceptors (Lipinski definition) is 3. The number of fused-ring (bicyclic) bond motifs is 2. The summed E-state index contributed by atoms with van der Waals surface area (Å²) in [4.78, 5) is 2.43. The van der Waals surface area contributed by atoms with E-state index in [9.17, 15) is 0 Å². The molecule has 0 aliphatic carbocycles. The van der Waals surface area contributed by atoms with Gasteiger partial charge in [-0.25, -0.2) is 0 Å². The molecule has 3 nitrogen and oxygen atoms in total. The number of hydrogen-bond donors (Lipinski definition) is 1. The van der Waals surface area contributed by atoms with E-state index in [4.69, 9.17) is 10.5 Å². The van der Waals surface area contributed by atoms with Gasteiger partial charge in [-0.15, -0.1) is 0 Å². The lowest BCUT2D eigenvalue weighted by Gasteiger charge is -2.19. The molecule has 2 N–H and O–H groups in total. The maximum absolute atomic E-state index is 6.08. The monoisotopic (exact) mass is 280 g/mol. The van der Waals surface area contributed by atoms with Crippen LogP contribution in [-0.4, -0.2) is 17.5 Å². The van der Waals surface area contributed by atoms with Crippen LogP contribution in [0.2, 0.25) is 0 Å². The summed E-state index contributed by atoms with van der Waals surface area (Å²) in [6, 6.07) is 12.7. The summed E-state index contributed by atoms with van der Waals surface area (Å²) >= 11 is 0. The standard InChI is InChI=1S/C18H20N2O/c1-12-5-6-18-14(7-12)8-15(21-18)10-20-9-13-3-2-4-17(19)16(13)11-20/h2-7,15H,8-11,19H2,1H3. The number of nitrogen functional groups attached to an aromatic ring is 1. The normalized spacial score (nSPS) is 20.1. The average molecular weight is 280 g/mol. The van der Waals surface area contributed by atoms with Crippen molar-refractivity contribution in [2.75, 3.05) is 12.3 Å². The second-order valence-electron chi connectivity index (χ2n) is 6.21. The molecule has 108 valence electrons. The van der Waals surface area contributed by atoms with Gasteiger partial charge in [0.1, 0.15) is 11.9 Å². The van der Waals surface area contributed by atoms with Crippen LogP contribution in [0, 0.1) is 6.92 Å². The van der Waals surface area contributed by atoms with Crippen molar-refractivity contribution >= 4 is 5.69 Å². The van der Waals surface area contributed by atoms with E-state index in [1.54, 1.807) is 0 Å². The van der Waals surface area contributed by atoms with Crippen LogP contribution < -0.4 is 10.5 Å². The van der Waals surface area contributed by atoms with Crippen LogP contribution in [0.15, 0.2) is 36.4 Å². The predicted molar refractivity (Wildman–Crippen MR) is 84.3 cm³/mol. The van der Waals surface area contributed by atoms with E-state index in [1.807, 2.05) is 12.1 Å². The highest BCUT2D eigenvalue weighted by atomic mass is 16.5. The van der Waals surface area contributed by atoms with Crippen LogP contribution in [0.1, 0.15) is 22.3 Å². The molecule has 2 heterocycles. The molecule has 2 aromatic carbocycles. The van der Waals surface area contributed by atoms with Gasteiger partial charge in [0.05, 0.1) is 0 Å². The molecule has 21 heavy (non-hydrogen) atoms. The van der Waals surface area contributed by atoms with Gasteiger partial charge < -0.3 is 10.5 Å². The van der Waals surface area contributed by atoms with E-state index < -0.39 is 0 Å². The van der Waals surface area contributed by atoms with Gasteiger partial charge in [-0.3, -0.25) is 4.90 Å². The molecule has 2 aromatic rings. The zero-order valence-electron chi connectivity index (χ0n) is 12.3. The van der Waals surface area contributed by atoms with E-state index in [0.717, 1.165) is 37.5 Å². The van der Waals surface area contributed by atoms with E-state index >= 15 is 0 Å². The third-order valence-electron chi connectivity index (χ3n) is 4.50.